The normalized spacial score (nSPS) is 12.8. The molecule has 0 bridgehead atoms. The molecule has 0 aromatic rings. The molecule has 0 rings (SSSR count). The predicted octanol–water partition coefficient (Wildman–Crippen LogP) is 16.0. The lowest BCUT2D eigenvalue weighted by Gasteiger charge is -2.18. The summed E-state index contributed by atoms with van der Waals surface area (Å²) in [5.41, 5.74) is 0. The Labute approximate surface area is 369 Å². The van der Waals surface area contributed by atoms with Gasteiger partial charge in [-0.15, -0.1) is 0 Å². The topological polar surface area (TPSA) is 78.9 Å². The molecule has 0 saturated carbocycles. The van der Waals surface area contributed by atoms with Gasteiger partial charge in [0.05, 0.1) is 0 Å². The highest BCUT2D eigenvalue weighted by Crippen LogP contribution is 2.13. The zero-order valence-corrected chi connectivity index (χ0v) is 38.9. The number of unbranched alkanes of at least 4 members (excludes halogenated alkanes) is 18. The number of allylic oxidation sites excluding steroid dienone is 14. The van der Waals surface area contributed by atoms with Crippen LogP contribution in [0.4, 0.5) is 0 Å². The summed E-state index contributed by atoms with van der Waals surface area (Å²) in [6.45, 7) is 6.37. The molecule has 1 atom stereocenters. The fraction of sp³-hybridized carbons (Fsp3) is 0.685. The molecular formula is C54H90O6. The van der Waals surface area contributed by atoms with Crippen molar-refractivity contribution in [1.29, 1.82) is 0 Å². The monoisotopic (exact) mass is 835 g/mol. The predicted molar refractivity (Wildman–Crippen MR) is 256 cm³/mol. The highest BCUT2D eigenvalue weighted by atomic mass is 16.6. The van der Waals surface area contributed by atoms with E-state index in [0.29, 0.717) is 19.3 Å². The average Bonchev–Trinajstić information content (AvgIpc) is 3.24. The second-order valence-electron chi connectivity index (χ2n) is 16.0. The van der Waals surface area contributed by atoms with E-state index < -0.39 is 6.10 Å². The Morgan fingerprint density at radius 3 is 1.08 bits per heavy atom. The van der Waals surface area contributed by atoms with Gasteiger partial charge in [-0.3, -0.25) is 14.4 Å². The quantitative estimate of drug-likeness (QED) is 0.0263. The highest BCUT2D eigenvalue weighted by Gasteiger charge is 2.19. The van der Waals surface area contributed by atoms with Gasteiger partial charge in [-0.05, 0) is 103 Å². The third-order valence-corrected chi connectivity index (χ3v) is 10.1. The van der Waals surface area contributed by atoms with Gasteiger partial charge < -0.3 is 14.2 Å². The van der Waals surface area contributed by atoms with E-state index in [2.05, 4.69) is 106 Å². The molecule has 0 amide bonds. The van der Waals surface area contributed by atoms with Crippen molar-refractivity contribution in [3.8, 4) is 0 Å². The zero-order valence-electron chi connectivity index (χ0n) is 38.9. The summed E-state index contributed by atoms with van der Waals surface area (Å²) in [5.74, 6) is -0.945. The summed E-state index contributed by atoms with van der Waals surface area (Å²) in [5, 5.41) is 0. The van der Waals surface area contributed by atoms with Crippen LogP contribution in [0.15, 0.2) is 85.1 Å². The summed E-state index contributed by atoms with van der Waals surface area (Å²) in [6.07, 6.45) is 61.3. The Hall–Kier alpha value is -3.41. The van der Waals surface area contributed by atoms with E-state index in [1.54, 1.807) is 0 Å². The van der Waals surface area contributed by atoms with Crippen molar-refractivity contribution < 1.29 is 28.6 Å². The molecule has 60 heavy (non-hydrogen) atoms. The van der Waals surface area contributed by atoms with E-state index in [-0.39, 0.29) is 31.1 Å². The Morgan fingerprint density at radius 1 is 0.350 bits per heavy atom. The lowest BCUT2D eigenvalue weighted by Crippen LogP contribution is -2.30. The van der Waals surface area contributed by atoms with E-state index in [0.717, 1.165) is 154 Å². The molecule has 6 heteroatoms. The average molecular weight is 835 g/mol. The van der Waals surface area contributed by atoms with Crippen LogP contribution in [-0.2, 0) is 28.6 Å². The molecule has 1 unspecified atom stereocenters. The Bertz CT molecular complexity index is 1190. The molecule has 342 valence electrons. The van der Waals surface area contributed by atoms with Crippen molar-refractivity contribution in [2.75, 3.05) is 13.2 Å². The number of esters is 3. The van der Waals surface area contributed by atoms with Gasteiger partial charge in [0.25, 0.3) is 0 Å². The van der Waals surface area contributed by atoms with Crippen molar-refractivity contribution in [1.82, 2.24) is 0 Å². The summed E-state index contributed by atoms with van der Waals surface area (Å²) in [6, 6.07) is 0. The van der Waals surface area contributed by atoms with Crippen LogP contribution in [0.5, 0.6) is 0 Å². The largest absolute Gasteiger partial charge is 0.462 e. The van der Waals surface area contributed by atoms with Crippen LogP contribution in [0.1, 0.15) is 220 Å². The molecule has 0 aromatic heterocycles. The molecule has 0 saturated heterocycles. The number of rotatable bonds is 43. The highest BCUT2D eigenvalue weighted by molar-refractivity contribution is 5.71. The first-order chi connectivity index (χ1) is 29.5. The summed E-state index contributed by atoms with van der Waals surface area (Å²) in [4.78, 5) is 37.9. The van der Waals surface area contributed by atoms with Crippen molar-refractivity contribution in [2.24, 2.45) is 0 Å². The number of ether oxygens (including phenoxy) is 3. The Balaban J connectivity index is 4.47. The molecule has 0 aromatic carbocycles. The SMILES string of the molecule is CC/C=C\C/C=C\C/C=C\CCCCCCCC(=O)OCC(COC(=O)CCCCCCC/C=C\C/C=C\CCC)OC(=O)CCCCCCC/C=C\C/C=C\CCCC. The van der Waals surface area contributed by atoms with Gasteiger partial charge in [0.1, 0.15) is 13.2 Å². The van der Waals surface area contributed by atoms with Gasteiger partial charge >= 0.3 is 17.9 Å². The minimum atomic E-state index is -0.796. The van der Waals surface area contributed by atoms with Crippen molar-refractivity contribution >= 4 is 17.9 Å². The zero-order chi connectivity index (χ0) is 43.7. The van der Waals surface area contributed by atoms with Gasteiger partial charge in [0, 0.05) is 19.3 Å². The first-order valence-electron chi connectivity index (χ1n) is 24.6. The summed E-state index contributed by atoms with van der Waals surface area (Å²) in [7, 11) is 0. The summed E-state index contributed by atoms with van der Waals surface area (Å²) < 4.78 is 16.7. The van der Waals surface area contributed by atoms with Crippen molar-refractivity contribution in [2.45, 2.75) is 226 Å². The number of hydrogen-bond acceptors (Lipinski definition) is 6. The van der Waals surface area contributed by atoms with E-state index >= 15 is 0 Å². The van der Waals surface area contributed by atoms with Crippen LogP contribution in [-0.4, -0.2) is 37.2 Å². The number of carbonyl (C=O) groups is 3. The number of carbonyl (C=O) groups excluding carboxylic acids is 3. The van der Waals surface area contributed by atoms with Gasteiger partial charge in [-0.1, -0.05) is 183 Å². The standard InChI is InChI=1S/C54H90O6/c1-4-7-10-13-16-19-22-25-27-30-32-35-38-41-44-47-53(56)59-50-51(49-58-52(55)46-43-40-37-34-31-28-24-21-18-15-12-9-6-3)60-54(57)48-45-42-39-36-33-29-26-23-20-17-14-11-8-5-2/h7,10,12,14-17,19,21,23-27,51H,4-6,8-9,11,13,18,20,22,28-50H2,1-3H3/b10-7-,15-12-,17-14-,19-16-,24-21-,26-23-,27-25-. The molecule has 0 fully saturated rings. The van der Waals surface area contributed by atoms with E-state index in [4.69, 9.17) is 14.2 Å². The summed E-state index contributed by atoms with van der Waals surface area (Å²) >= 11 is 0. The van der Waals surface area contributed by atoms with Crippen LogP contribution >= 0.6 is 0 Å². The molecule has 0 aliphatic heterocycles. The van der Waals surface area contributed by atoms with Crippen LogP contribution in [0.3, 0.4) is 0 Å². The van der Waals surface area contributed by atoms with Crippen LogP contribution in [0.2, 0.25) is 0 Å². The van der Waals surface area contributed by atoms with Crippen molar-refractivity contribution in [3.63, 3.8) is 0 Å². The third-order valence-electron chi connectivity index (χ3n) is 10.1. The number of hydrogen-bond donors (Lipinski definition) is 0. The maximum atomic E-state index is 12.8. The van der Waals surface area contributed by atoms with Crippen LogP contribution in [0, 0.1) is 0 Å². The van der Waals surface area contributed by atoms with Gasteiger partial charge in [-0.2, -0.15) is 0 Å². The first-order valence-corrected chi connectivity index (χ1v) is 24.6. The molecule has 0 N–H and O–H groups in total. The lowest BCUT2D eigenvalue weighted by molar-refractivity contribution is -0.167. The fourth-order valence-corrected chi connectivity index (χ4v) is 6.39. The van der Waals surface area contributed by atoms with Gasteiger partial charge in [0.2, 0.25) is 0 Å². The maximum Gasteiger partial charge on any atom is 0.306 e. The Morgan fingerprint density at radius 2 is 0.683 bits per heavy atom. The fourth-order valence-electron chi connectivity index (χ4n) is 6.39. The molecule has 0 heterocycles. The molecule has 0 aliphatic carbocycles. The lowest BCUT2D eigenvalue weighted by atomic mass is 10.1. The molecular weight excluding hydrogens is 745 g/mol. The van der Waals surface area contributed by atoms with E-state index in [1.165, 1.54) is 25.7 Å². The molecule has 0 spiro atoms. The smallest absolute Gasteiger partial charge is 0.306 e. The van der Waals surface area contributed by atoms with Gasteiger partial charge in [-0.25, -0.2) is 0 Å². The second kappa shape index (κ2) is 48.3. The van der Waals surface area contributed by atoms with Crippen molar-refractivity contribution in [3.05, 3.63) is 85.1 Å². The third kappa shape index (κ3) is 45.7. The maximum absolute atomic E-state index is 12.8. The van der Waals surface area contributed by atoms with E-state index in [1.807, 2.05) is 0 Å². The van der Waals surface area contributed by atoms with Crippen LogP contribution in [0.25, 0.3) is 0 Å². The van der Waals surface area contributed by atoms with E-state index in [9.17, 15) is 14.4 Å². The van der Waals surface area contributed by atoms with Gasteiger partial charge in [0.15, 0.2) is 6.10 Å². The first kappa shape index (κ1) is 56.6. The molecule has 0 radical (unpaired) electrons. The second-order valence-corrected chi connectivity index (χ2v) is 16.0. The minimum Gasteiger partial charge on any atom is -0.462 e. The molecule has 0 aliphatic rings. The Kier molecular flexibility index (Phi) is 45.5. The minimum absolute atomic E-state index is 0.0963. The van der Waals surface area contributed by atoms with Crippen LogP contribution < -0.4 is 0 Å². The molecule has 6 nitrogen and oxygen atoms in total.